The molecule has 18 heavy (non-hydrogen) atoms. The fourth-order valence-electron chi connectivity index (χ4n) is 1.60. The fourth-order valence-corrected chi connectivity index (χ4v) is 1.60. The van der Waals surface area contributed by atoms with Gasteiger partial charge in [0.15, 0.2) is 5.78 Å². The quantitative estimate of drug-likeness (QED) is 0.813. The van der Waals surface area contributed by atoms with Gasteiger partial charge in [-0.1, -0.05) is 0 Å². The molecule has 0 atom stereocenters. The Morgan fingerprint density at radius 3 is 2.28 bits per heavy atom. The number of phenolic OH excluding ortho intramolecular Hbond substituents is 2. The van der Waals surface area contributed by atoms with Crippen LogP contribution in [0.25, 0.3) is 0 Å². The van der Waals surface area contributed by atoms with E-state index in [-0.39, 0.29) is 22.8 Å². The highest BCUT2D eigenvalue weighted by Crippen LogP contribution is 2.26. The highest BCUT2D eigenvalue weighted by Gasteiger charge is 2.14. The summed E-state index contributed by atoms with van der Waals surface area (Å²) in [5, 5.41) is 18.9. The molecule has 0 fully saturated rings. The summed E-state index contributed by atoms with van der Waals surface area (Å²) in [5.41, 5.74) is 0.592. The van der Waals surface area contributed by atoms with Crippen molar-refractivity contribution in [2.24, 2.45) is 0 Å². The van der Waals surface area contributed by atoms with Crippen molar-refractivity contribution >= 4 is 5.78 Å². The van der Waals surface area contributed by atoms with E-state index in [0.29, 0.717) is 11.3 Å². The summed E-state index contributed by atoms with van der Waals surface area (Å²) in [4.78, 5) is 12.1. The van der Waals surface area contributed by atoms with Crippen LogP contribution in [0.1, 0.15) is 15.9 Å². The molecule has 0 radical (unpaired) electrons. The number of carbonyl (C=O) groups excluding carboxylic acids is 1. The molecule has 0 aliphatic rings. The standard InChI is InChI=1S/C14H12O4/c1-18-11-6-7-12(13(16)8-11)14(17)9-2-4-10(15)5-3-9/h2-8,15-16H,1H3. The van der Waals surface area contributed by atoms with Crippen molar-refractivity contribution in [2.75, 3.05) is 7.11 Å². The zero-order valence-corrected chi connectivity index (χ0v) is 9.75. The van der Waals surface area contributed by atoms with E-state index in [1.165, 1.54) is 43.5 Å². The Morgan fingerprint density at radius 1 is 1.06 bits per heavy atom. The van der Waals surface area contributed by atoms with Crippen molar-refractivity contribution in [2.45, 2.75) is 0 Å². The number of methoxy groups -OCH3 is 1. The van der Waals surface area contributed by atoms with Gasteiger partial charge in [-0.05, 0) is 36.4 Å². The number of ketones is 1. The van der Waals surface area contributed by atoms with Crippen LogP contribution in [0.3, 0.4) is 0 Å². The molecule has 2 N–H and O–H groups in total. The average molecular weight is 244 g/mol. The number of benzene rings is 2. The zero-order chi connectivity index (χ0) is 13.1. The molecule has 92 valence electrons. The first-order chi connectivity index (χ1) is 8.61. The van der Waals surface area contributed by atoms with Crippen LogP contribution in [0.5, 0.6) is 17.2 Å². The van der Waals surface area contributed by atoms with Gasteiger partial charge in [0.05, 0.1) is 12.7 Å². The predicted octanol–water partition coefficient (Wildman–Crippen LogP) is 2.34. The lowest BCUT2D eigenvalue weighted by atomic mass is 10.0. The van der Waals surface area contributed by atoms with Gasteiger partial charge < -0.3 is 14.9 Å². The van der Waals surface area contributed by atoms with E-state index < -0.39 is 0 Å². The fraction of sp³-hybridized carbons (Fsp3) is 0.0714. The first-order valence-corrected chi connectivity index (χ1v) is 5.32. The minimum absolute atomic E-state index is 0.0884. The minimum atomic E-state index is -0.310. The molecule has 4 heteroatoms. The second-order valence-corrected chi connectivity index (χ2v) is 3.76. The van der Waals surface area contributed by atoms with Gasteiger partial charge in [0, 0.05) is 11.6 Å². The second kappa shape index (κ2) is 4.79. The number of ether oxygens (including phenoxy) is 1. The maximum absolute atomic E-state index is 12.1. The van der Waals surface area contributed by atoms with E-state index in [0.717, 1.165) is 0 Å². The lowest BCUT2D eigenvalue weighted by molar-refractivity contribution is 0.103. The molecular weight excluding hydrogens is 232 g/mol. The highest BCUT2D eigenvalue weighted by molar-refractivity contribution is 6.10. The topological polar surface area (TPSA) is 66.8 Å². The average Bonchev–Trinajstić information content (AvgIpc) is 2.38. The van der Waals surface area contributed by atoms with Gasteiger partial charge in [-0.3, -0.25) is 4.79 Å². The van der Waals surface area contributed by atoms with Gasteiger partial charge >= 0.3 is 0 Å². The molecule has 4 nitrogen and oxygen atoms in total. The van der Waals surface area contributed by atoms with Crippen LogP contribution in [0, 0.1) is 0 Å². The smallest absolute Gasteiger partial charge is 0.196 e. The van der Waals surface area contributed by atoms with Crippen LogP contribution in [-0.2, 0) is 0 Å². The third kappa shape index (κ3) is 2.27. The molecule has 0 saturated heterocycles. The third-order valence-electron chi connectivity index (χ3n) is 2.58. The van der Waals surface area contributed by atoms with E-state index in [4.69, 9.17) is 9.84 Å². The van der Waals surface area contributed by atoms with Crippen LogP contribution in [0.4, 0.5) is 0 Å². The number of hydrogen-bond donors (Lipinski definition) is 2. The molecule has 2 rings (SSSR count). The van der Waals surface area contributed by atoms with E-state index in [9.17, 15) is 9.90 Å². The normalized spacial score (nSPS) is 10.1. The second-order valence-electron chi connectivity index (χ2n) is 3.76. The lowest BCUT2D eigenvalue weighted by Crippen LogP contribution is -2.01. The first-order valence-electron chi connectivity index (χ1n) is 5.32. The maximum Gasteiger partial charge on any atom is 0.196 e. The maximum atomic E-state index is 12.1. The molecule has 0 spiro atoms. The number of hydrogen-bond acceptors (Lipinski definition) is 4. The van der Waals surface area contributed by atoms with Crippen LogP contribution in [0.15, 0.2) is 42.5 Å². The Hall–Kier alpha value is -2.49. The summed E-state index contributed by atoms with van der Waals surface area (Å²) >= 11 is 0. The molecule has 0 aromatic heterocycles. The first kappa shape index (κ1) is 12.0. The SMILES string of the molecule is COc1ccc(C(=O)c2ccc(O)cc2)c(O)c1. The van der Waals surface area contributed by atoms with Gasteiger partial charge in [0.25, 0.3) is 0 Å². The van der Waals surface area contributed by atoms with Crippen molar-refractivity contribution in [1.29, 1.82) is 0 Å². The number of phenols is 2. The summed E-state index contributed by atoms with van der Waals surface area (Å²) in [6.45, 7) is 0. The molecule has 0 bridgehead atoms. The number of aromatic hydroxyl groups is 2. The minimum Gasteiger partial charge on any atom is -0.508 e. The number of carbonyl (C=O) groups is 1. The van der Waals surface area contributed by atoms with Crippen molar-refractivity contribution in [3.8, 4) is 17.2 Å². The van der Waals surface area contributed by atoms with Crippen LogP contribution < -0.4 is 4.74 Å². The Balaban J connectivity index is 2.37. The Kier molecular flexibility index (Phi) is 3.19. The highest BCUT2D eigenvalue weighted by atomic mass is 16.5. The number of rotatable bonds is 3. The van der Waals surface area contributed by atoms with Gasteiger partial charge in [-0.2, -0.15) is 0 Å². The summed E-state index contributed by atoms with van der Waals surface area (Å²) in [6, 6.07) is 10.3. The molecule has 0 aliphatic carbocycles. The summed E-state index contributed by atoms with van der Waals surface area (Å²) in [6.07, 6.45) is 0. The molecule has 0 aliphatic heterocycles. The molecule has 0 unspecified atom stereocenters. The van der Waals surface area contributed by atoms with Crippen LogP contribution >= 0.6 is 0 Å². The molecule has 0 saturated carbocycles. The molecular formula is C14H12O4. The Labute approximate surface area is 104 Å². The van der Waals surface area contributed by atoms with E-state index >= 15 is 0 Å². The van der Waals surface area contributed by atoms with Crippen molar-refractivity contribution in [1.82, 2.24) is 0 Å². The van der Waals surface area contributed by atoms with Gasteiger partial charge in [0.1, 0.15) is 17.2 Å². The molecule has 0 amide bonds. The summed E-state index contributed by atoms with van der Waals surface area (Å²) in [7, 11) is 1.48. The Bertz CT molecular complexity index is 573. The Morgan fingerprint density at radius 2 is 1.72 bits per heavy atom. The molecule has 0 heterocycles. The van der Waals surface area contributed by atoms with Crippen molar-refractivity contribution in [3.63, 3.8) is 0 Å². The predicted molar refractivity (Wildman–Crippen MR) is 66.2 cm³/mol. The zero-order valence-electron chi connectivity index (χ0n) is 9.75. The third-order valence-corrected chi connectivity index (χ3v) is 2.58. The van der Waals surface area contributed by atoms with E-state index in [1.807, 2.05) is 0 Å². The largest absolute Gasteiger partial charge is 0.508 e. The molecule has 2 aromatic carbocycles. The van der Waals surface area contributed by atoms with Crippen molar-refractivity contribution < 1.29 is 19.7 Å². The van der Waals surface area contributed by atoms with Crippen LogP contribution in [0.2, 0.25) is 0 Å². The van der Waals surface area contributed by atoms with Gasteiger partial charge in [-0.25, -0.2) is 0 Å². The monoisotopic (exact) mass is 244 g/mol. The lowest BCUT2D eigenvalue weighted by Gasteiger charge is -2.06. The summed E-state index contributed by atoms with van der Waals surface area (Å²) in [5.74, 6) is 0.128. The van der Waals surface area contributed by atoms with Crippen molar-refractivity contribution in [3.05, 3.63) is 53.6 Å². The summed E-state index contributed by atoms with van der Waals surface area (Å²) < 4.78 is 4.95. The van der Waals surface area contributed by atoms with Gasteiger partial charge in [-0.15, -0.1) is 0 Å². The van der Waals surface area contributed by atoms with E-state index in [2.05, 4.69) is 0 Å². The van der Waals surface area contributed by atoms with Crippen LogP contribution in [-0.4, -0.2) is 23.1 Å². The van der Waals surface area contributed by atoms with E-state index in [1.54, 1.807) is 6.07 Å². The van der Waals surface area contributed by atoms with Gasteiger partial charge in [0.2, 0.25) is 0 Å². The molecule has 2 aromatic rings.